The van der Waals surface area contributed by atoms with Crippen molar-refractivity contribution in [3.05, 3.63) is 65.8 Å². The van der Waals surface area contributed by atoms with Crippen molar-refractivity contribution in [3.8, 4) is 22.9 Å². The zero-order chi connectivity index (χ0) is 20.7. The normalized spacial score (nSPS) is 14.8. The van der Waals surface area contributed by atoms with E-state index in [0.717, 1.165) is 64.8 Å². The van der Waals surface area contributed by atoms with Gasteiger partial charge in [-0.05, 0) is 37.6 Å². The first-order valence-electron chi connectivity index (χ1n) is 10.2. The molecule has 1 aromatic carbocycles. The maximum Gasteiger partial charge on any atom is 0.213 e. The Morgan fingerprint density at radius 3 is 2.83 bits per heavy atom. The van der Waals surface area contributed by atoms with Gasteiger partial charge in [0.1, 0.15) is 12.4 Å². The van der Waals surface area contributed by atoms with Gasteiger partial charge < -0.3 is 14.4 Å². The van der Waals surface area contributed by atoms with Crippen LogP contribution in [-0.2, 0) is 6.42 Å². The summed E-state index contributed by atoms with van der Waals surface area (Å²) in [5.74, 6) is 1.51. The van der Waals surface area contributed by atoms with Crippen LogP contribution in [0.1, 0.15) is 30.8 Å². The van der Waals surface area contributed by atoms with Crippen LogP contribution in [0.15, 0.2) is 48.8 Å². The summed E-state index contributed by atoms with van der Waals surface area (Å²) in [7, 11) is 1.61. The summed E-state index contributed by atoms with van der Waals surface area (Å²) in [5.41, 5.74) is 7.10. The van der Waals surface area contributed by atoms with Gasteiger partial charge in [-0.1, -0.05) is 12.1 Å². The van der Waals surface area contributed by atoms with Gasteiger partial charge in [-0.15, -0.1) is 0 Å². The van der Waals surface area contributed by atoms with Crippen LogP contribution in [0.3, 0.4) is 0 Å². The predicted octanol–water partition coefficient (Wildman–Crippen LogP) is 4.14. The van der Waals surface area contributed by atoms with Gasteiger partial charge in [-0.25, -0.2) is 9.97 Å². The smallest absolute Gasteiger partial charge is 0.213 e. The first-order chi connectivity index (χ1) is 14.6. The molecule has 0 N–H and O–H groups in total. The van der Waals surface area contributed by atoms with Crippen LogP contribution in [0.2, 0.25) is 0 Å². The second-order valence-corrected chi connectivity index (χ2v) is 7.78. The average molecular weight is 400 g/mol. The molecule has 3 aromatic rings. The third-order valence-electron chi connectivity index (χ3n) is 5.64. The number of anilines is 1. The molecule has 6 heteroatoms. The number of allylic oxidation sites excluding steroid dienone is 1. The summed E-state index contributed by atoms with van der Waals surface area (Å²) in [6.45, 7) is 6.05. The van der Waals surface area contributed by atoms with Crippen molar-refractivity contribution >= 4 is 11.3 Å². The van der Waals surface area contributed by atoms with Crippen LogP contribution in [0.25, 0.3) is 16.8 Å². The van der Waals surface area contributed by atoms with Crippen molar-refractivity contribution in [2.45, 2.75) is 26.3 Å². The molecular weight excluding hydrogens is 376 g/mol. The summed E-state index contributed by atoms with van der Waals surface area (Å²) in [5, 5.41) is 0. The Hall–Kier alpha value is -3.41. The highest BCUT2D eigenvalue weighted by molar-refractivity contribution is 5.85. The summed E-state index contributed by atoms with van der Waals surface area (Å²) >= 11 is 0. The van der Waals surface area contributed by atoms with Gasteiger partial charge in [0.05, 0.1) is 42.6 Å². The number of benzene rings is 1. The van der Waals surface area contributed by atoms with Crippen molar-refractivity contribution in [1.29, 1.82) is 0 Å². The molecule has 5 rings (SSSR count). The lowest BCUT2D eigenvalue weighted by atomic mass is 10.0. The number of fused-ring (bicyclic) bond motifs is 2. The van der Waals surface area contributed by atoms with Gasteiger partial charge in [0.2, 0.25) is 5.88 Å². The number of ether oxygens (including phenoxy) is 2. The minimum Gasteiger partial charge on any atom is -0.490 e. The maximum atomic E-state index is 5.88. The van der Waals surface area contributed by atoms with Crippen LogP contribution < -0.4 is 14.4 Å². The topological polar surface area (TPSA) is 60.4 Å². The van der Waals surface area contributed by atoms with Gasteiger partial charge >= 0.3 is 0 Å². The number of pyridine rings is 1. The molecule has 0 radical (unpaired) electrons. The molecule has 0 saturated carbocycles. The summed E-state index contributed by atoms with van der Waals surface area (Å²) in [6.07, 6.45) is 6.56. The second-order valence-electron chi connectivity index (χ2n) is 7.78. The van der Waals surface area contributed by atoms with Crippen molar-refractivity contribution in [2.24, 2.45) is 0 Å². The highest BCUT2D eigenvalue weighted by Gasteiger charge is 2.24. The number of rotatable bonds is 4. The SMILES string of the molecule is COc1cc(-c2cnc3c(n2)C(c2ccc4c(c2)N(C(C)C)CCO4)=CC3)ccn1. The van der Waals surface area contributed by atoms with Crippen molar-refractivity contribution < 1.29 is 9.47 Å². The zero-order valence-corrected chi connectivity index (χ0v) is 17.4. The molecule has 30 heavy (non-hydrogen) atoms. The number of hydrogen-bond donors (Lipinski definition) is 0. The molecule has 0 unspecified atom stereocenters. The fourth-order valence-corrected chi connectivity index (χ4v) is 4.09. The highest BCUT2D eigenvalue weighted by Crippen LogP contribution is 2.39. The lowest BCUT2D eigenvalue weighted by Gasteiger charge is -2.34. The van der Waals surface area contributed by atoms with Crippen LogP contribution in [0, 0.1) is 0 Å². The van der Waals surface area contributed by atoms with Crippen LogP contribution in [0.5, 0.6) is 11.6 Å². The van der Waals surface area contributed by atoms with E-state index in [1.165, 1.54) is 0 Å². The van der Waals surface area contributed by atoms with Gasteiger partial charge in [0.15, 0.2) is 0 Å². The lowest BCUT2D eigenvalue weighted by molar-refractivity contribution is 0.303. The molecule has 0 bridgehead atoms. The minimum absolute atomic E-state index is 0.417. The molecule has 3 heterocycles. The van der Waals surface area contributed by atoms with Gasteiger partial charge in [-0.2, -0.15) is 0 Å². The summed E-state index contributed by atoms with van der Waals surface area (Å²) in [6, 6.07) is 10.6. The van der Waals surface area contributed by atoms with E-state index >= 15 is 0 Å². The molecule has 0 spiro atoms. The van der Waals surface area contributed by atoms with E-state index in [1.807, 2.05) is 18.3 Å². The molecule has 1 aliphatic heterocycles. The highest BCUT2D eigenvalue weighted by atomic mass is 16.5. The Bertz CT molecular complexity index is 1140. The van der Waals surface area contributed by atoms with Crippen molar-refractivity contribution in [1.82, 2.24) is 15.0 Å². The second kappa shape index (κ2) is 7.44. The Morgan fingerprint density at radius 2 is 2.00 bits per heavy atom. The van der Waals surface area contributed by atoms with E-state index in [-0.39, 0.29) is 0 Å². The number of aromatic nitrogens is 3. The molecule has 0 amide bonds. The van der Waals surface area contributed by atoms with Gasteiger partial charge in [0, 0.05) is 35.9 Å². The molecule has 1 aliphatic carbocycles. The molecule has 0 fully saturated rings. The summed E-state index contributed by atoms with van der Waals surface area (Å²) < 4.78 is 11.1. The van der Waals surface area contributed by atoms with E-state index in [2.05, 4.69) is 53.0 Å². The van der Waals surface area contributed by atoms with E-state index in [1.54, 1.807) is 13.3 Å². The van der Waals surface area contributed by atoms with Crippen LogP contribution >= 0.6 is 0 Å². The predicted molar refractivity (Wildman–Crippen MR) is 117 cm³/mol. The van der Waals surface area contributed by atoms with Crippen LogP contribution in [0.4, 0.5) is 5.69 Å². The number of nitrogens with zero attached hydrogens (tertiary/aromatic N) is 4. The fourth-order valence-electron chi connectivity index (χ4n) is 4.09. The van der Waals surface area contributed by atoms with Gasteiger partial charge in [0.25, 0.3) is 0 Å². The van der Waals surface area contributed by atoms with Gasteiger partial charge in [-0.3, -0.25) is 4.98 Å². The first-order valence-corrected chi connectivity index (χ1v) is 10.2. The van der Waals surface area contributed by atoms with E-state index in [4.69, 9.17) is 14.5 Å². The quantitative estimate of drug-likeness (QED) is 0.656. The Labute approximate surface area is 176 Å². The zero-order valence-electron chi connectivity index (χ0n) is 17.4. The third kappa shape index (κ3) is 3.18. The molecule has 0 saturated heterocycles. The Morgan fingerprint density at radius 1 is 1.10 bits per heavy atom. The van der Waals surface area contributed by atoms with Crippen molar-refractivity contribution in [2.75, 3.05) is 25.2 Å². The fraction of sp³-hybridized carbons (Fsp3) is 0.292. The van der Waals surface area contributed by atoms with Crippen LogP contribution in [-0.4, -0.2) is 41.3 Å². The Kier molecular flexibility index (Phi) is 4.62. The summed E-state index contributed by atoms with van der Waals surface area (Å²) in [4.78, 5) is 16.2. The molecular formula is C24H24N4O2. The third-order valence-corrected chi connectivity index (χ3v) is 5.64. The number of methoxy groups -OCH3 is 1. The van der Waals surface area contributed by atoms with E-state index in [0.29, 0.717) is 11.9 Å². The molecule has 2 aromatic heterocycles. The molecule has 2 aliphatic rings. The maximum absolute atomic E-state index is 5.88. The minimum atomic E-state index is 0.417. The largest absolute Gasteiger partial charge is 0.490 e. The van der Waals surface area contributed by atoms with E-state index in [9.17, 15) is 0 Å². The van der Waals surface area contributed by atoms with Crippen molar-refractivity contribution in [3.63, 3.8) is 0 Å². The average Bonchev–Trinajstić information content (AvgIpc) is 3.21. The van der Waals surface area contributed by atoms with E-state index < -0.39 is 0 Å². The molecule has 152 valence electrons. The lowest BCUT2D eigenvalue weighted by Crippen LogP contribution is -2.37. The molecule has 6 nitrogen and oxygen atoms in total. The standard InChI is InChI=1S/C24H24N4O2/c1-15(2)28-10-11-30-22-7-4-16(12-21(22)28)18-5-6-19-24(18)27-20(14-26-19)17-8-9-25-23(13-17)29-3/h4-5,7-9,12-15H,6,10-11H2,1-3H3. The molecule has 0 atom stereocenters. The Balaban J connectivity index is 1.54. The first kappa shape index (κ1) is 18.6. The number of hydrogen-bond acceptors (Lipinski definition) is 6. The monoisotopic (exact) mass is 400 g/mol.